The number of rotatable bonds is 6. The summed E-state index contributed by atoms with van der Waals surface area (Å²) in [4.78, 5) is 12.3. The van der Waals surface area contributed by atoms with E-state index in [9.17, 15) is 13.2 Å². The lowest BCUT2D eigenvalue weighted by Crippen LogP contribution is -2.40. The topological polar surface area (TPSA) is 66.5 Å². The van der Waals surface area contributed by atoms with Gasteiger partial charge in [-0.05, 0) is 42.7 Å². The Hall–Kier alpha value is -2.05. The predicted molar refractivity (Wildman–Crippen MR) is 101 cm³/mol. The number of aryl methyl sites for hydroxylation is 1. The predicted octanol–water partition coefficient (Wildman–Crippen LogP) is 3.04. The van der Waals surface area contributed by atoms with Gasteiger partial charge < -0.3 is 5.32 Å². The van der Waals surface area contributed by atoms with Gasteiger partial charge in [-0.25, -0.2) is 8.42 Å². The normalized spacial score (nSPS) is 11.2. The van der Waals surface area contributed by atoms with Crippen molar-refractivity contribution in [3.05, 3.63) is 64.2 Å². The molecule has 0 aliphatic rings. The zero-order valence-electron chi connectivity index (χ0n) is 14.4. The van der Waals surface area contributed by atoms with Crippen LogP contribution in [0.15, 0.2) is 42.5 Å². The van der Waals surface area contributed by atoms with E-state index in [4.69, 9.17) is 11.6 Å². The molecule has 25 heavy (non-hydrogen) atoms. The maximum Gasteiger partial charge on any atom is 0.241 e. The summed E-state index contributed by atoms with van der Waals surface area (Å²) in [5.74, 6) is -0.381. The summed E-state index contributed by atoms with van der Waals surface area (Å²) in [6.07, 6.45) is 1.07. The zero-order valence-corrected chi connectivity index (χ0v) is 16.0. The second-order valence-electron chi connectivity index (χ2n) is 5.86. The summed E-state index contributed by atoms with van der Waals surface area (Å²) in [5, 5.41) is 3.22. The van der Waals surface area contributed by atoms with Crippen molar-refractivity contribution < 1.29 is 13.2 Å². The number of benzene rings is 2. The SMILES string of the molecule is Cc1ccccc1CNC(=O)CN(c1cccc(Cl)c1C)S(C)(=O)=O. The second-order valence-corrected chi connectivity index (χ2v) is 8.17. The van der Waals surface area contributed by atoms with Gasteiger partial charge in [-0.3, -0.25) is 9.10 Å². The van der Waals surface area contributed by atoms with Crippen molar-refractivity contribution in [2.75, 3.05) is 17.1 Å². The quantitative estimate of drug-likeness (QED) is 0.837. The number of anilines is 1. The molecule has 0 spiro atoms. The van der Waals surface area contributed by atoms with Crippen LogP contribution < -0.4 is 9.62 Å². The van der Waals surface area contributed by atoms with Gasteiger partial charge in [0.25, 0.3) is 0 Å². The first kappa shape index (κ1) is 19.3. The highest BCUT2D eigenvalue weighted by Gasteiger charge is 2.23. The van der Waals surface area contributed by atoms with Gasteiger partial charge >= 0.3 is 0 Å². The molecular weight excluding hydrogens is 360 g/mol. The van der Waals surface area contributed by atoms with Crippen LogP contribution in [0.2, 0.25) is 5.02 Å². The third-order valence-corrected chi connectivity index (χ3v) is 5.47. The molecule has 0 saturated carbocycles. The van der Waals surface area contributed by atoms with E-state index >= 15 is 0 Å². The fraction of sp³-hybridized carbons (Fsp3) is 0.278. The minimum Gasteiger partial charge on any atom is -0.350 e. The molecule has 0 aliphatic heterocycles. The first-order valence-corrected chi connectivity index (χ1v) is 9.97. The Kier molecular flexibility index (Phi) is 6.08. The molecule has 0 heterocycles. The molecule has 7 heteroatoms. The number of nitrogens with one attached hydrogen (secondary N) is 1. The van der Waals surface area contributed by atoms with E-state index in [1.165, 1.54) is 0 Å². The molecule has 0 bridgehead atoms. The fourth-order valence-corrected chi connectivity index (χ4v) is 3.51. The smallest absolute Gasteiger partial charge is 0.241 e. The highest BCUT2D eigenvalue weighted by Crippen LogP contribution is 2.27. The van der Waals surface area contributed by atoms with Gasteiger partial charge in [-0.1, -0.05) is 41.9 Å². The monoisotopic (exact) mass is 380 g/mol. The summed E-state index contributed by atoms with van der Waals surface area (Å²) in [7, 11) is -3.63. The minimum absolute atomic E-state index is 0.300. The van der Waals surface area contributed by atoms with E-state index < -0.39 is 10.0 Å². The summed E-state index contributed by atoms with van der Waals surface area (Å²) in [5.41, 5.74) is 3.07. The highest BCUT2D eigenvalue weighted by atomic mass is 35.5. The molecule has 0 aliphatic carbocycles. The molecule has 0 unspecified atom stereocenters. The van der Waals surface area contributed by atoms with Gasteiger partial charge in [0.05, 0.1) is 11.9 Å². The molecule has 0 atom stereocenters. The molecule has 1 N–H and O–H groups in total. The molecule has 0 aromatic heterocycles. The molecule has 0 fully saturated rings. The highest BCUT2D eigenvalue weighted by molar-refractivity contribution is 7.92. The summed E-state index contributed by atoms with van der Waals surface area (Å²) >= 11 is 6.08. The molecule has 1 amide bonds. The number of halogens is 1. The number of nitrogens with zero attached hydrogens (tertiary/aromatic N) is 1. The molecule has 2 aromatic carbocycles. The standard InChI is InChI=1S/C18H21ClN2O3S/c1-13-7-4-5-8-15(13)11-20-18(22)12-21(25(3,23)24)17-10-6-9-16(19)14(17)2/h4-10H,11-12H2,1-3H3,(H,20,22). The van der Waals surface area contributed by atoms with E-state index in [1.807, 2.05) is 31.2 Å². The van der Waals surface area contributed by atoms with Crippen molar-refractivity contribution in [1.29, 1.82) is 0 Å². The van der Waals surface area contributed by atoms with Gasteiger partial charge in [0, 0.05) is 11.6 Å². The average molecular weight is 381 g/mol. The Labute approximate surface area is 153 Å². The van der Waals surface area contributed by atoms with E-state index in [1.54, 1.807) is 25.1 Å². The van der Waals surface area contributed by atoms with Crippen LogP contribution in [0.1, 0.15) is 16.7 Å². The van der Waals surface area contributed by atoms with Gasteiger partial charge in [-0.2, -0.15) is 0 Å². The van der Waals surface area contributed by atoms with Crippen LogP contribution in [-0.2, 0) is 21.4 Å². The first-order chi connectivity index (χ1) is 11.7. The lowest BCUT2D eigenvalue weighted by molar-refractivity contribution is -0.119. The van der Waals surface area contributed by atoms with Crippen molar-refractivity contribution in [2.45, 2.75) is 20.4 Å². The van der Waals surface area contributed by atoms with E-state index in [2.05, 4.69) is 5.32 Å². The molecule has 134 valence electrons. The number of sulfonamides is 1. The zero-order chi connectivity index (χ0) is 18.6. The number of hydrogen-bond acceptors (Lipinski definition) is 3. The maximum atomic E-state index is 12.3. The van der Waals surface area contributed by atoms with Crippen LogP contribution in [0.4, 0.5) is 5.69 Å². The lowest BCUT2D eigenvalue weighted by Gasteiger charge is -2.24. The third kappa shape index (κ3) is 4.96. The van der Waals surface area contributed by atoms with Crippen molar-refractivity contribution in [3.8, 4) is 0 Å². The van der Waals surface area contributed by atoms with Crippen LogP contribution >= 0.6 is 11.6 Å². The third-order valence-electron chi connectivity index (χ3n) is 3.93. The summed E-state index contributed by atoms with van der Waals surface area (Å²) in [6.45, 7) is 3.73. The van der Waals surface area contributed by atoms with Crippen molar-refractivity contribution in [2.24, 2.45) is 0 Å². The summed E-state index contributed by atoms with van der Waals surface area (Å²) in [6, 6.07) is 12.7. The van der Waals surface area contributed by atoms with Crippen LogP contribution in [0.5, 0.6) is 0 Å². The molecule has 2 rings (SSSR count). The van der Waals surface area contributed by atoms with Crippen LogP contribution in [-0.4, -0.2) is 27.1 Å². The number of carbonyl (C=O) groups is 1. The Bertz CT molecular complexity index is 882. The Morgan fingerprint density at radius 2 is 1.80 bits per heavy atom. The molecular formula is C18H21ClN2O3S. The number of amides is 1. The summed E-state index contributed by atoms with van der Waals surface area (Å²) < 4.78 is 25.4. The van der Waals surface area contributed by atoms with Crippen molar-refractivity contribution in [1.82, 2.24) is 5.32 Å². The van der Waals surface area contributed by atoms with Crippen LogP contribution in [0.25, 0.3) is 0 Å². The largest absolute Gasteiger partial charge is 0.350 e. The number of hydrogen-bond donors (Lipinski definition) is 1. The van der Waals surface area contributed by atoms with Crippen molar-refractivity contribution >= 4 is 33.2 Å². The minimum atomic E-state index is -3.63. The Morgan fingerprint density at radius 1 is 1.12 bits per heavy atom. The Morgan fingerprint density at radius 3 is 2.44 bits per heavy atom. The van der Waals surface area contributed by atoms with E-state index in [-0.39, 0.29) is 12.5 Å². The average Bonchev–Trinajstić information content (AvgIpc) is 2.54. The lowest BCUT2D eigenvalue weighted by atomic mass is 10.1. The molecule has 2 aromatic rings. The van der Waals surface area contributed by atoms with Crippen LogP contribution in [0.3, 0.4) is 0 Å². The first-order valence-electron chi connectivity index (χ1n) is 7.74. The fourth-order valence-electron chi connectivity index (χ4n) is 2.44. The maximum absolute atomic E-state index is 12.3. The molecule has 5 nitrogen and oxygen atoms in total. The van der Waals surface area contributed by atoms with Crippen molar-refractivity contribution in [3.63, 3.8) is 0 Å². The van der Waals surface area contributed by atoms with Gasteiger partial charge in [0.2, 0.25) is 15.9 Å². The van der Waals surface area contributed by atoms with Gasteiger partial charge in [0.1, 0.15) is 6.54 Å². The Balaban J connectivity index is 2.17. The van der Waals surface area contributed by atoms with Gasteiger partial charge in [-0.15, -0.1) is 0 Å². The molecule has 0 saturated heterocycles. The van der Waals surface area contributed by atoms with Gasteiger partial charge in [0.15, 0.2) is 0 Å². The van der Waals surface area contributed by atoms with E-state index in [0.29, 0.717) is 22.8 Å². The van der Waals surface area contributed by atoms with Crippen LogP contribution in [0, 0.1) is 13.8 Å². The molecule has 0 radical (unpaired) electrons. The number of carbonyl (C=O) groups excluding carboxylic acids is 1. The second kappa shape index (κ2) is 7.89. The van der Waals surface area contributed by atoms with E-state index in [0.717, 1.165) is 21.7 Å².